The van der Waals surface area contributed by atoms with Crippen LogP contribution in [0.1, 0.15) is 29.8 Å². The molecule has 1 aliphatic rings. The molecule has 2 heterocycles. The molecule has 1 atom stereocenters. The van der Waals surface area contributed by atoms with E-state index >= 15 is 0 Å². The van der Waals surface area contributed by atoms with Gasteiger partial charge in [-0.05, 0) is 18.6 Å². The summed E-state index contributed by atoms with van der Waals surface area (Å²) in [7, 11) is 0. The number of nitrogens with zero attached hydrogens (tertiary/aromatic N) is 4. The van der Waals surface area contributed by atoms with E-state index in [1.54, 1.807) is 27.8 Å². The Bertz CT molecular complexity index is 728. The lowest BCUT2D eigenvalue weighted by Crippen LogP contribution is -2.32. The monoisotopic (exact) mass is 389 g/mol. The van der Waals surface area contributed by atoms with Gasteiger partial charge in [0.2, 0.25) is 5.82 Å². The van der Waals surface area contributed by atoms with Crippen molar-refractivity contribution in [3.63, 3.8) is 0 Å². The zero-order valence-corrected chi connectivity index (χ0v) is 15.4. The predicted octanol–water partition coefficient (Wildman–Crippen LogP) is 2.73. The molecule has 1 aliphatic heterocycles. The summed E-state index contributed by atoms with van der Waals surface area (Å²) >= 11 is 12.5. The molecule has 1 amide bonds. The number of hydrogen-bond donors (Lipinski definition) is 1. The minimum absolute atomic E-state index is 0. The molecule has 9 heteroatoms. The second-order valence-electron chi connectivity index (χ2n) is 5.49. The van der Waals surface area contributed by atoms with E-state index in [9.17, 15) is 4.79 Å². The van der Waals surface area contributed by atoms with E-state index in [2.05, 4.69) is 10.1 Å². The van der Waals surface area contributed by atoms with Gasteiger partial charge in [0, 0.05) is 25.6 Å². The molecule has 1 aromatic heterocycles. The molecule has 6 nitrogen and oxygen atoms in total. The largest absolute Gasteiger partial charge is 0.334 e. The van der Waals surface area contributed by atoms with Gasteiger partial charge in [-0.15, -0.1) is 17.5 Å². The maximum Gasteiger partial charge on any atom is 0.293 e. The first-order valence-electron chi connectivity index (χ1n) is 7.46. The number of amides is 1. The summed E-state index contributed by atoms with van der Waals surface area (Å²) in [5, 5.41) is 5.26. The van der Waals surface area contributed by atoms with Gasteiger partial charge in [0.1, 0.15) is 11.5 Å². The summed E-state index contributed by atoms with van der Waals surface area (Å²) in [5.41, 5.74) is 6.40. The molecule has 3 rings (SSSR count). The third-order valence-corrected chi connectivity index (χ3v) is 4.45. The number of rotatable bonds is 3. The van der Waals surface area contributed by atoms with Crippen LogP contribution in [0.25, 0.3) is 5.69 Å². The second-order valence-corrected chi connectivity index (χ2v) is 6.30. The van der Waals surface area contributed by atoms with Gasteiger partial charge < -0.3 is 10.6 Å². The van der Waals surface area contributed by atoms with Crippen molar-refractivity contribution in [2.24, 2.45) is 5.73 Å². The van der Waals surface area contributed by atoms with E-state index < -0.39 is 0 Å². The number of likely N-dealkylation sites (tertiary alicyclic amines) is 1. The van der Waals surface area contributed by atoms with Gasteiger partial charge in [-0.1, -0.05) is 36.2 Å². The molecule has 0 saturated carbocycles. The number of benzene rings is 1. The summed E-state index contributed by atoms with van der Waals surface area (Å²) < 4.78 is 1.55. The van der Waals surface area contributed by atoms with Crippen LogP contribution in [-0.2, 0) is 6.42 Å². The fourth-order valence-electron chi connectivity index (χ4n) is 2.65. The molecule has 1 fully saturated rings. The maximum absolute atomic E-state index is 12.5. The number of nitrogens with two attached hydrogens (primary N) is 1. The number of halogens is 3. The van der Waals surface area contributed by atoms with E-state index in [1.807, 2.05) is 6.92 Å². The predicted molar refractivity (Wildman–Crippen MR) is 96.5 cm³/mol. The summed E-state index contributed by atoms with van der Waals surface area (Å²) in [6, 6.07) is 5.23. The van der Waals surface area contributed by atoms with Gasteiger partial charge in [-0.25, -0.2) is 9.67 Å². The van der Waals surface area contributed by atoms with Crippen LogP contribution in [0.3, 0.4) is 0 Å². The van der Waals surface area contributed by atoms with Crippen molar-refractivity contribution in [3.05, 3.63) is 39.9 Å². The zero-order chi connectivity index (χ0) is 16.6. The molecule has 2 aromatic rings. The fraction of sp³-hybridized carbons (Fsp3) is 0.400. The van der Waals surface area contributed by atoms with Crippen LogP contribution >= 0.6 is 35.6 Å². The average molecular weight is 391 g/mol. The number of aryl methyl sites for hydroxylation is 1. The Morgan fingerprint density at radius 1 is 1.38 bits per heavy atom. The minimum atomic E-state index is -0.213. The van der Waals surface area contributed by atoms with Crippen LogP contribution in [0.5, 0.6) is 0 Å². The summed E-state index contributed by atoms with van der Waals surface area (Å²) in [5.74, 6) is 0.563. The first kappa shape index (κ1) is 19.0. The average Bonchev–Trinajstić information content (AvgIpc) is 3.13. The van der Waals surface area contributed by atoms with E-state index in [-0.39, 0.29) is 30.2 Å². The normalized spacial score (nSPS) is 17.0. The molecule has 1 saturated heterocycles. The Hall–Kier alpha value is -1.34. The van der Waals surface area contributed by atoms with Gasteiger partial charge in [0.25, 0.3) is 5.91 Å². The Balaban J connectivity index is 0.00000208. The Morgan fingerprint density at radius 3 is 2.58 bits per heavy atom. The molecule has 0 unspecified atom stereocenters. The minimum Gasteiger partial charge on any atom is -0.334 e. The number of para-hydroxylation sites is 1. The van der Waals surface area contributed by atoms with Gasteiger partial charge in [0.05, 0.1) is 10.0 Å². The standard InChI is InChI=1S/C15H17Cl2N5O.ClH/c1-2-12-19-14(15(23)21-7-6-9(18)8-21)20-22(12)13-10(16)4-3-5-11(13)17;/h3-5,9H,2,6-8,18H2,1H3;1H/t9-;/m1./s1. The van der Waals surface area contributed by atoms with Crippen molar-refractivity contribution >= 4 is 41.5 Å². The third kappa shape index (κ3) is 3.52. The van der Waals surface area contributed by atoms with Crippen LogP contribution in [0.15, 0.2) is 18.2 Å². The fourth-order valence-corrected chi connectivity index (χ4v) is 3.20. The molecule has 0 aliphatic carbocycles. The Labute approximate surface area is 156 Å². The SMILES string of the molecule is CCc1nc(C(=O)N2CC[C@@H](N)C2)nn1-c1c(Cl)cccc1Cl.Cl. The Kier molecular flexibility index (Phi) is 6.09. The number of aromatic nitrogens is 3. The van der Waals surface area contributed by atoms with E-state index in [0.29, 0.717) is 41.1 Å². The lowest BCUT2D eigenvalue weighted by molar-refractivity contribution is 0.0779. The lowest BCUT2D eigenvalue weighted by Gasteiger charge is -2.12. The van der Waals surface area contributed by atoms with Gasteiger partial charge in [0.15, 0.2) is 0 Å². The molecule has 130 valence electrons. The quantitative estimate of drug-likeness (QED) is 0.874. The van der Waals surface area contributed by atoms with E-state index in [4.69, 9.17) is 28.9 Å². The van der Waals surface area contributed by atoms with Crippen LogP contribution in [-0.4, -0.2) is 44.7 Å². The third-order valence-electron chi connectivity index (χ3n) is 3.84. The number of carbonyl (C=O) groups is 1. The highest BCUT2D eigenvalue weighted by Crippen LogP contribution is 2.29. The Morgan fingerprint density at radius 2 is 2.04 bits per heavy atom. The summed E-state index contributed by atoms with van der Waals surface area (Å²) in [6.45, 7) is 3.09. The number of carbonyl (C=O) groups excluding carboxylic acids is 1. The van der Waals surface area contributed by atoms with E-state index in [1.165, 1.54) is 0 Å². The lowest BCUT2D eigenvalue weighted by atomic mass is 10.3. The van der Waals surface area contributed by atoms with Crippen molar-refractivity contribution in [1.29, 1.82) is 0 Å². The molecule has 1 aromatic carbocycles. The molecular formula is C15H18Cl3N5O. The van der Waals surface area contributed by atoms with Crippen LogP contribution in [0.2, 0.25) is 10.0 Å². The number of hydrogen-bond acceptors (Lipinski definition) is 4. The topological polar surface area (TPSA) is 77.0 Å². The van der Waals surface area contributed by atoms with Crippen molar-refractivity contribution < 1.29 is 4.79 Å². The van der Waals surface area contributed by atoms with Crippen LogP contribution in [0, 0.1) is 0 Å². The highest BCUT2D eigenvalue weighted by Gasteiger charge is 2.28. The molecule has 0 radical (unpaired) electrons. The van der Waals surface area contributed by atoms with Crippen molar-refractivity contribution in [2.45, 2.75) is 25.8 Å². The van der Waals surface area contributed by atoms with Crippen molar-refractivity contribution in [2.75, 3.05) is 13.1 Å². The first-order chi connectivity index (χ1) is 11.0. The van der Waals surface area contributed by atoms with Crippen molar-refractivity contribution in [3.8, 4) is 5.69 Å². The van der Waals surface area contributed by atoms with Gasteiger partial charge in [-0.3, -0.25) is 4.79 Å². The zero-order valence-electron chi connectivity index (χ0n) is 13.1. The molecule has 0 spiro atoms. The van der Waals surface area contributed by atoms with Crippen molar-refractivity contribution in [1.82, 2.24) is 19.7 Å². The van der Waals surface area contributed by atoms with Gasteiger partial charge in [-0.2, -0.15) is 0 Å². The molecular weight excluding hydrogens is 373 g/mol. The maximum atomic E-state index is 12.5. The first-order valence-corrected chi connectivity index (χ1v) is 8.22. The van der Waals surface area contributed by atoms with Crippen LogP contribution < -0.4 is 5.73 Å². The second kappa shape index (κ2) is 7.70. The summed E-state index contributed by atoms with van der Waals surface area (Å²) in [6.07, 6.45) is 1.39. The van der Waals surface area contributed by atoms with E-state index in [0.717, 1.165) is 6.42 Å². The highest BCUT2D eigenvalue weighted by atomic mass is 35.5. The van der Waals surface area contributed by atoms with Gasteiger partial charge >= 0.3 is 0 Å². The molecule has 24 heavy (non-hydrogen) atoms. The summed E-state index contributed by atoms with van der Waals surface area (Å²) in [4.78, 5) is 18.6. The van der Waals surface area contributed by atoms with Crippen LogP contribution in [0.4, 0.5) is 0 Å². The smallest absolute Gasteiger partial charge is 0.293 e. The highest BCUT2D eigenvalue weighted by molar-refractivity contribution is 6.37. The molecule has 0 bridgehead atoms. The molecule has 2 N–H and O–H groups in total.